The molecule has 7 nitrogen and oxygen atoms in total. The van der Waals surface area contributed by atoms with Crippen LogP contribution in [0.5, 0.6) is 5.75 Å². The molecule has 10 heteroatoms. The van der Waals surface area contributed by atoms with E-state index >= 15 is 0 Å². The SMILES string of the molecule is Cc1cc(C(F)(F)F)cc(O)c1-c1cnc2cn(CC3CC(=O)N(C(C)C)C3)nc2n1. The third-order valence-electron chi connectivity index (χ3n) is 5.48. The molecule has 4 rings (SSSR count). The molecule has 0 saturated carbocycles. The fourth-order valence-electron chi connectivity index (χ4n) is 4.02. The van der Waals surface area contributed by atoms with Crippen LogP contribution in [0.2, 0.25) is 0 Å². The van der Waals surface area contributed by atoms with Crippen LogP contribution in [-0.2, 0) is 17.5 Å². The zero-order valence-electron chi connectivity index (χ0n) is 17.3. The van der Waals surface area contributed by atoms with Crippen LogP contribution in [0.4, 0.5) is 13.2 Å². The lowest BCUT2D eigenvalue weighted by atomic mass is 10.0. The first-order chi connectivity index (χ1) is 14.5. The molecular formula is C21H22F3N5O2. The zero-order valence-corrected chi connectivity index (χ0v) is 17.3. The average molecular weight is 433 g/mol. The Kier molecular flexibility index (Phi) is 5.10. The number of alkyl halides is 3. The predicted octanol–water partition coefficient (Wildman–Crippen LogP) is 3.78. The number of phenols is 1. The summed E-state index contributed by atoms with van der Waals surface area (Å²) in [7, 11) is 0. The molecule has 1 unspecified atom stereocenters. The smallest absolute Gasteiger partial charge is 0.416 e. The van der Waals surface area contributed by atoms with E-state index in [0.29, 0.717) is 36.7 Å². The number of likely N-dealkylation sites (tertiary alicyclic amines) is 1. The fourth-order valence-corrected chi connectivity index (χ4v) is 4.02. The normalized spacial score (nSPS) is 17.3. The maximum Gasteiger partial charge on any atom is 0.416 e. The van der Waals surface area contributed by atoms with Crippen molar-refractivity contribution in [1.29, 1.82) is 0 Å². The second-order valence-corrected chi connectivity index (χ2v) is 8.21. The molecule has 1 saturated heterocycles. The number of hydrogen-bond acceptors (Lipinski definition) is 5. The van der Waals surface area contributed by atoms with Crippen LogP contribution in [0.1, 0.15) is 31.4 Å². The molecule has 164 valence electrons. The zero-order chi connectivity index (χ0) is 22.5. The molecular weight excluding hydrogens is 411 g/mol. The summed E-state index contributed by atoms with van der Waals surface area (Å²) in [4.78, 5) is 22.7. The maximum absolute atomic E-state index is 13.0. The highest BCUT2D eigenvalue weighted by atomic mass is 19.4. The van der Waals surface area contributed by atoms with Gasteiger partial charge in [0.1, 0.15) is 11.3 Å². The molecule has 1 atom stereocenters. The largest absolute Gasteiger partial charge is 0.507 e. The van der Waals surface area contributed by atoms with Crippen LogP contribution in [-0.4, -0.2) is 48.2 Å². The molecule has 3 aromatic rings. The second kappa shape index (κ2) is 7.51. The van der Waals surface area contributed by atoms with Crippen molar-refractivity contribution in [3.05, 3.63) is 35.7 Å². The summed E-state index contributed by atoms with van der Waals surface area (Å²) in [6.07, 6.45) is -0.960. The van der Waals surface area contributed by atoms with Gasteiger partial charge >= 0.3 is 6.18 Å². The highest BCUT2D eigenvalue weighted by Crippen LogP contribution is 2.38. The molecule has 0 bridgehead atoms. The van der Waals surface area contributed by atoms with Crippen LogP contribution < -0.4 is 0 Å². The molecule has 0 radical (unpaired) electrons. The van der Waals surface area contributed by atoms with Crippen molar-refractivity contribution in [3.63, 3.8) is 0 Å². The quantitative estimate of drug-likeness (QED) is 0.677. The van der Waals surface area contributed by atoms with Crippen molar-refractivity contribution in [2.24, 2.45) is 5.92 Å². The van der Waals surface area contributed by atoms with Gasteiger partial charge in [0, 0.05) is 37.0 Å². The molecule has 1 N–H and O–H groups in total. The Bertz CT molecular complexity index is 1130. The van der Waals surface area contributed by atoms with Gasteiger partial charge in [-0.3, -0.25) is 9.48 Å². The van der Waals surface area contributed by atoms with Gasteiger partial charge in [0.25, 0.3) is 0 Å². The monoisotopic (exact) mass is 433 g/mol. The standard InChI is InChI=1S/C21H22F3N5O2/c1-11(2)29-9-13(5-18(29)31)8-28-10-16-20(27-28)26-15(7-25-16)19-12(3)4-14(6-17(19)30)21(22,23)24/h4,6-7,10-11,13,30H,5,8-9H2,1-3H3. The number of aromatic hydroxyl groups is 1. The van der Waals surface area contributed by atoms with Crippen molar-refractivity contribution in [2.45, 2.75) is 46.0 Å². The van der Waals surface area contributed by atoms with Gasteiger partial charge in [-0.15, -0.1) is 0 Å². The number of halogens is 3. The van der Waals surface area contributed by atoms with E-state index in [9.17, 15) is 23.1 Å². The van der Waals surface area contributed by atoms with E-state index in [1.165, 1.54) is 13.1 Å². The Morgan fingerprint density at radius 2 is 2.03 bits per heavy atom. The van der Waals surface area contributed by atoms with Gasteiger partial charge in [0.15, 0.2) is 5.65 Å². The number of carbonyl (C=O) groups is 1. The maximum atomic E-state index is 13.0. The summed E-state index contributed by atoms with van der Waals surface area (Å²) in [5, 5.41) is 14.6. The summed E-state index contributed by atoms with van der Waals surface area (Å²) >= 11 is 0. The molecule has 1 aliphatic heterocycles. The summed E-state index contributed by atoms with van der Waals surface area (Å²) in [6.45, 7) is 6.64. The van der Waals surface area contributed by atoms with Crippen LogP contribution >= 0.6 is 0 Å². The number of nitrogens with zero attached hydrogens (tertiary/aromatic N) is 5. The Balaban J connectivity index is 1.61. The lowest BCUT2D eigenvalue weighted by Crippen LogP contribution is -2.32. The van der Waals surface area contributed by atoms with E-state index < -0.39 is 17.5 Å². The number of rotatable bonds is 4. The van der Waals surface area contributed by atoms with E-state index in [4.69, 9.17) is 0 Å². The van der Waals surface area contributed by atoms with Gasteiger partial charge in [-0.2, -0.15) is 18.3 Å². The van der Waals surface area contributed by atoms with Crippen molar-refractivity contribution >= 4 is 17.1 Å². The van der Waals surface area contributed by atoms with Crippen molar-refractivity contribution in [3.8, 4) is 17.0 Å². The Labute approximate surface area is 176 Å². The highest BCUT2D eigenvalue weighted by molar-refractivity contribution is 5.79. The Hall–Kier alpha value is -3.17. The van der Waals surface area contributed by atoms with Gasteiger partial charge in [0.2, 0.25) is 5.91 Å². The van der Waals surface area contributed by atoms with Gasteiger partial charge < -0.3 is 10.0 Å². The minimum Gasteiger partial charge on any atom is -0.507 e. The third-order valence-corrected chi connectivity index (χ3v) is 5.48. The summed E-state index contributed by atoms with van der Waals surface area (Å²) in [5.74, 6) is -0.257. The van der Waals surface area contributed by atoms with Crippen molar-refractivity contribution < 1.29 is 23.1 Å². The van der Waals surface area contributed by atoms with Crippen molar-refractivity contribution in [2.75, 3.05) is 6.54 Å². The number of phenolic OH excluding ortho intramolecular Hbond substituents is 1. The van der Waals surface area contributed by atoms with Gasteiger partial charge in [-0.25, -0.2) is 9.97 Å². The lowest BCUT2D eigenvalue weighted by molar-refractivity contribution is -0.137. The molecule has 1 amide bonds. The minimum absolute atomic E-state index is 0.128. The van der Waals surface area contributed by atoms with E-state index in [-0.39, 0.29) is 34.7 Å². The molecule has 31 heavy (non-hydrogen) atoms. The van der Waals surface area contributed by atoms with Gasteiger partial charge in [-0.1, -0.05) is 0 Å². The third kappa shape index (κ3) is 4.06. The van der Waals surface area contributed by atoms with Crippen LogP contribution in [0.3, 0.4) is 0 Å². The first-order valence-corrected chi connectivity index (χ1v) is 9.93. The highest BCUT2D eigenvalue weighted by Gasteiger charge is 2.33. The van der Waals surface area contributed by atoms with Crippen LogP contribution in [0, 0.1) is 12.8 Å². The molecule has 1 fully saturated rings. The van der Waals surface area contributed by atoms with Crippen LogP contribution in [0.25, 0.3) is 22.4 Å². The topological polar surface area (TPSA) is 84.1 Å². The summed E-state index contributed by atoms with van der Waals surface area (Å²) < 4.78 is 40.6. The van der Waals surface area contributed by atoms with E-state index in [1.807, 2.05) is 18.7 Å². The van der Waals surface area contributed by atoms with E-state index in [0.717, 1.165) is 6.07 Å². The van der Waals surface area contributed by atoms with Gasteiger partial charge in [0.05, 0.1) is 23.7 Å². The first kappa shape index (κ1) is 21.1. The molecule has 0 spiro atoms. The molecule has 2 aromatic heterocycles. The second-order valence-electron chi connectivity index (χ2n) is 8.21. The number of amides is 1. The Morgan fingerprint density at radius 1 is 1.29 bits per heavy atom. The fraction of sp³-hybridized carbons (Fsp3) is 0.429. The average Bonchev–Trinajstić information content (AvgIpc) is 3.22. The number of aryl methyl sites for hydroxylation is 1. The Morgan fingerprint density at radius 3 is 2.65 bits per heavy atom. The van der Waals surface area contributed by atoms with E-state index in [2.05, 4.69) is 15.1 Å². The van der Waals surface area contributed by atoms with Crippen LogP contribution in [0.15, 0.2) is 24.5 Å². The predicted molar refractivity (Wildman–Crippen MR) is 107 cm³/mol. The number of carbonyl (C=O) groups excluding carboxylic acids is 1. The lowest BCUT2D eigenvalue weighted by Gasteiger charge is -2.20. The molecule has 3 heterocycles. The number of hydrogen-bond donors (Lipinski definition) is 1. The molecule has 1 aromatic carbocycles. The number of fused-ring (bicyclic) bond motifs is 1. The van der Waals surface area contributed by atoms with E-state index in [1.54, 1.807) is 10.9 Å². The minimum atomic E-state index is -4.55. The number of aromatic nitrogens is 4. The summed E-state index contributed by atoms with van der Waals surface area (Å²) in [6, 6.07) is 1.81. The first-order valence-electron chi connectivity index (χ1n) is 9.93. The van der Waals surface area contributed by atoms with Gasteiger partial charge in [-0.05, 0) is 38.5 Å². The van der Waals surface area contributed by atoms with Crippen molar-refractivity contribution in [1.82, 2.24) is 24.6 Å². The summed E-state index contributed by atoms with van der Waals surface area (Å²) in [5.41, 5.74) is 0.582. The number of benzene rings is 1. The molecule has 1 aliphatic rings. The molecule has 0 aliphatic carbocycles.